The maximum absolute atomic E-state index is 11.4. The Morgan fingerprint density at radius 1 is 1.41 bits per heavy atom. The standard InChI is InChI=1S/C14H18O3/c1-2-17-13(15)10-14(16)8-7-11-5-3-4-6-12(11)9-14/h3-6,16H,2,7-10H2,1H3/t14-/m1/s1. The zero-order valence-electron chi connectivity index (χ0n) is 10.1. The lowest BCUT2D eigenvalue weighted by molar-refractivity contribution is -0.149. The molecule has 1 aromatic carbocycles. The molecule has 0 saturated heterocycles. The van der Waals surface area contributed by atoms with Gasteiger partial charge in [0.25, 0.3) is 0 Å². The fourth-order valence-corrected chi connectivity index (χ4v) is 2.42. The Kier molecular flexibility index (Phi) is 3.48. The number of carbonyl (C=O) groups excluding carboxylic acids is 1. The fraction of sp³-hybridized carbons (Fsp3) is 0.500. The van der Waals surface area contributed by atoms with Crippen LogP contribution >= 0.6 is 0 Å². The molecule has 3 heteroatoms. The number of ether oxygens (including phenoxy) is 1. The molecule has 0 unspecified atom stereocenters. The summed E-state index contributed by atoms with van der Waals surface area (Å²) in [5.74, 6) is -0.311. The molecule has 0 spiro atoms. The first kappa shape index (κ1) is 12.1. The van der Waals surface area contributed by atoms with E-state index in [4.69, 9.17) is 4.74 Å². The van der Waals surface area contributed by atoms with Crippen LogP contribution < -0.4 is 0 Å². The molecule has 1 atom stereocenters. The first-order chi connectivity index (χ1) is 8.13. The van der Waals surface area contributed by atoms with Crippen LogP contribution in [0.3, 0.4) is 0 Å². The van der Waals surface area contributed by atoms with Gasteiger partial charge in [-0.3, -0.25) is 4.79 Å². The molecular weight excluding hydrogens is 216 g/mol. The molecule has 1 aromatic rings. The second-order valence-electron chi connectivity index (χ2n) is 4.65. The topological polar surface area (TPSA) is 46.5 Å². The van der Waals surface area contributed by atoms with E-state index in [0.717, 1.165) is 12.0 Å². The van der Waals surface area contributed by atoms with Crippen molar-refractivity contribution in [3.8, 4) is 0 Å². The van der Waals surface area contributed by atoms with Crippen molar-refractivity contribution in [1.29, 1.82) is 0 Å². The summed E-state index contributed by atoms with van der Waals surface area (Å²) in [4.78, 5) is 11.4. The van der Waals surface area contributed by atoms with E-state index in [1.807, 2.05) is 18.2 Å². The summed E-state index contributed by atoms with van der Waals surface area (Å²) >= 11 is 0. The van der Waals surface area contributed by atoms with E-state index in [2.05, 4.69) is 6.07 Å². The fourth-order valence-electron chi connectivity index (χ4n) is 2.42. The van der Waals surface area contributed by atoms with Crippen LogP contribution in [-0.2, 0) is 22.4 Å². The Bertz CT molecular complexity index is 414. The van der Waals surface area contributed by atoms with Crippen molar-refractivity contribution in [1.82, 2.24) is 0 Å². The molecule has 1 N–H and O–H groups in total. The SMILES string of the molecule is CCOC(=O)C[C@@]1(O)CCc2ccccc2C1. The first-order valence-corrected chi connectivity index (χ1v) is 6.08. The Labute approximate surface area is 101 Å². The minimum absolute atomic E-state index is 0.0924. The molecule has 1 aliphatic carbocycles. The van der Waals surface area contributed by atoms with Crippen LogP contribution in [0.2, 0.25) is 0 Å². The number of aryl methyl sites for hydroxylation is 1. The largest absolute Gasteiger partial charge is 0.466 e. The maximum Gasteiger partial charge on any atom is 0.308 e. The number of esters is 1. The monoisotopic (exact) mass is 234 g/mol. The number of hydrogen-bond donors (Lipinski definition) is 1. The summed E-state index contributed by atoms with van der Waals surface area (Å²) in [6.45, 7) is 2.14. The number of rotatable bonds is 3. The number of aliphatic hydroxyl groups is 1. The third kappa shape index (κ3) is 2.86. The van der Waals surface area contributed by atoms with Gasteiger partial charge in [0.15, 0.2) is 0 Å². The predicted octanol–water partition coefficient (Wildman–Crippen LogP) is 1.86. The lowest BCUT2D eigenvalue weighted by atomic mass is 9.79. The highest BCUT2D eigenvalue weighted by Gasteiger charge is 2.34. The van der Waals surface area contributed by atoms with E-state index in [1.165, 1.54) is 5.56 Å². The molecule has 3 nitrogen and oxygen atoms in total. The van der Waals surface area contributed by atoms with Gasteiger partial charge in [-0.05, 0) is 30.9 Å². The summed E-state index contributed by atoms with van der Waals surface area (Å²) in [6, 6.07) is 8.08. The Hall–Kier alpha value is -1.35. The molecule has 0 saturated carbocycles. The Balaban J connectivity index is 2.07. The smallest absolute Gasteiger partial charge is 0.308 e. The van der Waals surface area contributed by atoms with Crippen LogP contribution in [0.1, 0.15) is 30.9 Å². The van der Waals surface area contributed by atoms with Crippen LogP contribution in [-0.4, -0.2) is 23.3 Å². The summed E-state index contributed by atoms with van der Waals surface area (Å²) in [5, 5.41) is 10.4. The molecule has 0 heterocycles. The van der Waals surface area contributed by atoms with E-state index in [9.17, 15) is 9.90 Å². The van der Waals surface area contributed by atoms with Crippen molar-refractivity contribution < 1.29 is 14.6 Å². The van der Waals surface area contributed by atoms with Crippen LogP contribution in [0.5, 0.6) is 0 Å². The molecule has 0 fully saturated rings. The van der Waals surface area contributed by atoms with Crippen molar-refractivity contribution in [2.45, 2.75) is 38.2 Å². The lowest BCUT2D eigenvalue weighted by Gasteiger charge is -2.32. The van der Waals surface area contributed by atoms with Crippen LogP contribution in [0, 0.1) is 0 Å². The van der Waals surface area contributed by atoms with E-state index >= 15 is 0 Å². The highest BCUT2D eigenvalue weighted by atomic mass is 16.5. The molecule has 0 aromatic heterocycles. The molecule has 17 heavy (non-hydrogen) atoms. The molecule has 0 bridgehead atoms. The van der Waals surface area contributed by atoms with Crippen molar-refractivity contribution >= 4 is 5.97 Å². The minimum atomic E-state index is -0.930. The average molecular weight is 234 g/mol. The second kappa shape index (κ2) is 4.88. The van der Waals surface area contributed by atoms with E-state index in [0.29, 0.717) is 19.4 Å². The molecule has 92 valence electrons. The molecule has 0 aliphatic heterocycles. The lowest BCUT2D eigenvalue weighted by Crippen LogP contribution is -2.38. The number of carbonyl (C=O) groups is 1. The highest BCUT2D eigenvalue weighted by molar-refractivity contribution is 5.70. The molecular formula is C14H18O3. The van der Waals surface area contributed by atoms with E-state index in [-0.39, 0.29) is 12.4 Å². The third-order valence-electron chi connectivity index (χ3n) is 3.28. The van der Waals surface area contributed by atoms with Crippen molar-refractivity contribution in [3.63, 3.8) is 0 Å². The van der Waals surface area contributed by atoms with Crippen LogP contribution in [0.25, 0.3) is 0 Å². The van der Waals surface area contributed by atoms with Gasteiger partial charge in [0.1, 0.15) is 0 Å². The first-order valence-electron chi connectivity index (χ1n) is 6.08. The zero-order chi connectivity index (χ0) is 12.3. The Morgan fingerprint density at radius 3 is 2.82 bits per heavy atom. The number of fused-ring (bicyclic) bond motifs is 1. The summed E-state index contributed by atoms with van der Waals surface area (Å²) < 4.78 is 4.90. The summed E-state index contributed by atoms with van der Waals surface area (Å²) in [7, 11) is 0. The zero-order valence-corrected chi connectivity index (χ0v) is 10.1. The van der Waals surface area contributed by atoms with E-state index in [1.54, 1.807) is 6.92 Å². The Morgan fingerprint density at radius 2 is 2.12 bits per heavy atom. The molecule has 0 radical (unpaired) electrons. The van der Waals surface area contributed by atoms with Gasteiger partial charge in [-0.2, -0.15) is 0 Å². The van der Waals surface area contributed by atoms with Gasteiger partial charge in [-0.15, -0.1) is 0 Å². The average Bonchev–Trinajstić information content (AvgIpc) is 2.28. The molecule has 0 amide bonds. The van der Waals surface area contributed by atoms with Gasteiger partial charge < -0.3 is 9.84 Å². The van der Waals surface area contributed by atoms with Crippen LogP contribution in [0.4, 0.5) is 0 Å². The van der Waals surface area contributed by atoms with Crippen molar-refractivity contribution in [2.24, 2.45) is 0 Å². The number of hydrogen-bond acceptors (Lipinski definition) is 3. The van der Waals surface area contributed by atoms with Gasteiger partial charge in [0.05, 0.1) is 18.6 Å². The van der Waals surface area contributed by atoms with Crippen molar-refractivity contribution in [3.05, 3.63) is 35.4 Å². The normalized spacial score (nSPS) is 22.9. The maximum atomic E-state index is 11.4. The second-order valence-corrected chi connectivity index (χ2v) is 4.65. The molecule has 2 rings (SSSR count). The van der Waals surface area contributed by atoms with Gasteiger partial charge in [-0.25, -0.2) is 0 Å². The minimum Gasteiger partial charge on any atom is -0.466 e. The number of benzene rings is 1. The quantitative estimate of drug-likeness (QED) is 0.812. The van der Waals surface area contributed by atoms with E-state index < -0.39 is 5.60 Å². The van der Waals surface area contributed by atoms with Gasteiger partial charge in [-0.1, -0.05) is 24.3 Å². The third-order valence-corrected chi connectivity index (χ3v) is 3.28. The highest BCUT2D eigenvalue weighted by Crippen LogP contribution is 2.31. The predicted molar refractivity (Wildman–Crippen MR) is 64.7 cm³/mol. The van der Waals surface area contributed by atoms with Gasteiger partial charge >= 0.3 is 5.97 Å². The van der Waals surface area contributed by atoms with Crippen molar-refractivity contribution in [2.75, 3.05) is 6.61 Å². The summed E-state index contributed by atoms with van der Waals surface area (Å²) in [6.07, 6.45) is 2.09. The van der Waals surface area contributed by atoms with Gasteiger partial charge in [0, 0.05) is 6.42 Å². The molecule has 1 aliphatic rings. The summed E-state index contributed by atoms with van der Waals surface area (Å²) in [5.41, 5.74) is 1.49. The van der Waals surface area contributed by atoms with Crippen LogP contribution in [0.15, 0.2) is 24.3 Å². The van der Waals surface area contributed by atoms with Gasteiger partial charge in [0.2, 0.25) is 0 Å².